The first-order valence-corrected chi connectivity index (χ1v) is 11.2. The molecule has 4 rings (SSSR count). The smallest absolute Gasteiger partial charge is 0.158 e. The van der Waals surface area contributed by atoms with Gasteiger partial charge in [-0.05, 0) is 30.5 Å². The quantitative estimate of drug-likeness (QED) is 0.373. The Bertz CT molecular complexity index is 1280. The van der Waals surface area contributed by atoms with E-state index >= 15 is 0 Å². The van der Waals surface area contributed by atoms with Crippen LogP contribution in [0.25, 0.3) is 10.9 Å². The molecule has 34 heavy (non-hydrogen) atoms. The molecule has 0 bridgehead atoms. The van der Waals surface area contributed by atoms with E-state index in [1.165, 1.54) is 6.33 Å². The van der Waals surface area contributed by atoms with Crippen molar-refractivity contribution in [3.63, 3.8) is 0 Å². The number of rotatable bonds is 10. The number of fused-ring (bicyclic) bond motifs is 1. The van der Waals surface area contributed by atoms with Crippen LogP contribution < -0.4 is 14.8 Å². The summed E-state index contributed by atoms with van der Waals surface area (Å²) in [6, 6.07) is 11.4. The first-order chi connectivity index (χ1) is 16.5. The third-order valence-corrected chi connectivity index (χ3v) is 5.32. The topological polar surface area (TPSA) is 104 Å². The van der Waals surface area contributed by atoms with Crippen LogP contribution in [0.2, 0.25) is 0 Å². The van der Waals surface area contributed by atoms with Crippen molar-refractivity contribution in [1.29, 1.82) is 0 Å². The van der Waals surface area contributed by atoms with Gasteiger partial charge in [0.1, 0.15) is 30.2 Å². The molecular formula is C25H28N6O3. The van der Waals surface area contributed by atoms with Gasteiger partial charge in [-0.1, -0.05) is 31.2 Å². The number of ketones is 1. The zero-order valence-corrected chi connectivity index (χ0v) is 19.8. The van der Waals surface area contributed by atoms with Crippen LogP contribution in [0.3, 0.4) is 0 Å². The summed E-state index contributed by atoms with van der Waals surface area (Å²) in [5, 5.41) is 12.3. The van der Waals surface area contributed by atoms with E-state index in [4.69, 9.17) is 9.47 Å². The van der Waals surface area contributed by atoms with E-state index in [1.54, 1.807) is 11.8 Å². The van der Waals surface area contributed by atoms with Crippen LogP contribution in [-0.4, -0.2) is 44.5 Å². The molecule has 9 nitrogen and oxygen atoms in total. The predicted octanol–water partition coefficient (Wildman–Crippen LogP) is 4.31. The van der Waals surface area contributed by atoms with Crippen molar-refractivity contribution in [2.75, 3.05) is 19.0 Å². The van der Waals surface area contributed by atoms with Crippen molar-refractivity contribution in [2.45, 2.75) is 39.7 Å². The zero-order valence-electron chi connectivity index (χ0n) is 19.8. The minimum atomic E-state index is 0.0676. The predicted molar refractivity (Wildman–Crippen MR) is 130 cm³/mol. The van der Waals surface area contributed by atoms with Crippen molar-refractivity contribution in [2.24, 2.45) is 0 Å². The molecule has 0 saturated heterocycles. The highest BCUT2D eigenvalue weighted by Gasteiger charge is 2.14. The minimum Gasteiger partial charge on any atom is -0.497 e. The van der Waals surface area contributed by atoms with Crippen molar-refractivity contribution < 1.29 is 14.3 Å². The molecule has 0 amide bonds. The number of carbonyl (C=O) groups excluding carboxylic acids is 1. The van der Waals surface area contributed by atoms with Gasteiger partial charge in [-0.25, -0.2) is 14.6 Å². The molecule has 2 aromatic carbocycles. The highest BCUT2D eigenvalue weighted by molar-refractivity contribution is 5.96. The number of carbonyl (C=O) groups is 1. The lowest BCUT2D eigenvalue weighted by Crippen LogP contribution is -2.13. The molecule has 0 atom stereocenters. The second-order valence-electron chi connectivity index (χ2n) is 8.21. The third kappa shape index (κ3) is 5.31. The van der Waals surface area contributed by atoms with E-state index in [0.29, 0.717) is 30.3 Å². The van der Waals surface area contributed by atoms with Gasteiger partial charge < -0.3 is 14.8 Å². The molecule has 0 saturated carbocycles. The number of Topliss-reactive ketones (excluding diaryl/α,β-unsaturated/α-hetero) is 1. The fraction of sp³-hybridized carbons (Fsp3) is 0.320. The monoisotopic (exact) mass is 460 g/mol. The molecule has 176 valence electrons. The number of aromatic nitrogens is 5. The summed E-state index contributed by atoms with van der Waals surface area (Å²) < 4.78 is 12.8. The van der Waals surface area contributed by atoms with Gasteiger partial charge in [0.05, 0.1) is 30.3 Å². The maximum Gasteiger partial charge on any atom is 0.158 e. The molecule has 0 aliphatic carbocycles. The van der Waals surface area contributed by atoms with Crippen molar-refractivity contribution in [3.05, 3.63) is 60.2 Å². The van der Waals surface area contributed by atoms with E-state index in [9.17, 15) is 4.79 Å². The molecule has 0 fully saturated rings. The number of nitrogens with one attached hydrogen (secondary N) is 1. The van der Waals surface area contributed by atoms with Crippen molar-refractivity contribution in [3.8, 4) is 11.5 Å². The van der Waals surface area contributed by atoms with Crippen LogP contribution in [0.4, 0.5) is 11.5 Å². The summed E-state index contributed by atoms with van der Waals surface area (Å²) in [5.74, 6) is 2.30. The standard InChI is InChI=1S/C25H28N6O3/c1-5-34-23-12-20(33-4)11-21-24(23)25(27-15-26-21)28-18-8-6-17(7-9-18)10-19(32)13-31-14-22(16(2)3)29-30-31/h6-9,11-12,14-16H,5,10,13H2,1-4H3,(H,26,27,28). The second kappa shape index (κ2) is 10.3. The lowest BCUT2D eigenvalue weighted by atomic mass is 10.1. The largest absolute Gasteiger partial charge is 0.497 e. The fourth-order valence-electron chi connectivity index (χ4n) is 3.57. The lowest BCUT2D eigenvalue weighted by molar-refractivity contribution is -0.119. The fourth-order valence-corrected chi connectivity index (χ4v) is 3.57. The molecule has 4 aromatic rings. The van der Waals surface area contributed by atoms with Crippen LogP contribution in [0.1, 0.15) is 37.9 Å². The molecule has 1 N–H and O–H groups in total. The molecule has 0 unspecified atom stereocenters. The van der Waals surface area contributed by atoms with Gasteiger partial charge in [0.15, 0.2) is 5.78 Å². The van der Waals surface area contributed by atoms with Crippen LogP contribution in [0, 0.1) is 0 Å². The van der Waals surface area contributed by atoms with Crippen molar-refractivity contribution >= 4 is 28.2 Å². The Hall–Kier alpha value is -4.01. The summed E-state index contributed by atoms with van der Waals surface area (Å²) in [6.45, 7) is 6.73. The van der Waals surface area contributed by atoms with E-state index in [2.05, 4.69) is 25.6 Å². The number of hydrogen-bond acceptors (Lipinski definition) is 8. The highest BCUT2D eigenvalue weighted by atomic mass is 16.5. The first kappa shape index (κ1) is 23.2. The number of hydrogen-bond donors (Lipinski definition) is 1. The molecule has 0 radical (unpaired) electrons. The average Bonchev–Trinajstić information content (AvgIpc) is 3.29. The second-order valence-corrected chi connectivity index (χ2v) is 8.21. The SMILES string of the molecule is CCOc1cc(OC)cc2ncnc(Nc3ccc(CC(=O)Cn4cc(C(C)C)nn4)cc3)c12. The number of benzene rings is 2. The zero-order chi connectivity index (χ0) is 24.1. The number of anilines is 2. The van der Waals surface area contributed by atoms with E-state index in [0.717, 1.165) is 27.8 Å². The number of ether oxygens (including phenoxy) is 2. The minimum absolute atomic E-state index is 0.0676. The normalized spacial score (nSPS) is 11.1. The lowest BCUT2D eigenvalue weighted by Gasteiger charge is -2.14. The van der Waals surface area contributed by atoms with Crippen LogP contribution >= 0.6 is 0 Å². The van der Waals surface area contributed by atoms with Gasteiger partial charge in [0.2, 0.25) is 0 Å². The Labute approximate surface area is 198 Å². The number of nitrogens with zero attached hydrogens (tertiary/aromatic N) is 5. The third-order valence-electron chi connectivity index (χ3n) is 5.32. The average molecular weight is 461 g/mol. The van der Waals surface area contributed by atoms with E-state index in [-0.39, 0.29) is 18.2 Å². The molecule has 0 aliphatic heterocycles. The summed E-state index contributed by atoms with van der Waals surface area (Å²) in [4.78, 5) is 21.3. The Balaban J connectivity index is 1.47. The van der Waals surface area contributed by atoms with Crippen LogP contribution in [0.15, 0.2) is 48.9 Å². The molecule has 2 aromatic heterocycles. The summed E-state index contributed by atoms with van der Waals surface area (Å²) in [7, 11) is 1.61. The Kier molecular flexibility index (Phi) is 7.01. The maximum absolute atomic E-state index is 12.5. The van der Waals surface area contributed by atoms with Gasteiger partial charge in [0, 0.05) is 30.4 Å². The summed E-state index contributed by atoms with van der Waals surface area (Å²) in [6.07, 6.45) is 3.65. The van der Waals surface area contributed by atoms with Gasteiger partial charge in [-0.3, -0.25) is 4.79 Å². The first-order valence-electron chi connectivity index (χ1n) is 11.2. The number of methoxy groups -OCH3 is 1. The summed E-state index contributed by atoms with van der Waals surface area (Å²) >= 11 is 0. The van der Waals surface area contributed by atoms with Gasteiger partial charge in [-0.15, -0.1) is 5.10 Å². The molecular weight excluding hydrogens is 432 g/mol. The van der Waals surface area contributed by atoms with E-state index in [1.807, 2.05) is 63.4 Å². The van der Waals surface area contributed by atoms with E-state index < -0.39 is 0 Å². The van der Waals surface area contributed by atoms with Gasteiger partial charge in [-0.2, -0.15) is 0 Å². The Morgan fingerprint density at radius 1 is 1.15 bits per heavy atom. The Morgan fingerprint density at radius 2 is 1.94 bits per heavy atom. The maximum atomic E-state index is 12.5. The highest BCUT2D eigenvalue weighted by Crippen LogP contribution is 2.35. The van der Waals surface area contributed by atoms with Gasteiger partial charge in [0.25, 0.3) is 0 Å². The molecule has 0 spiro atoms. The Morgan fingerprint density at radius 3 is 2.62 bits per heavy atom. The van der Waals surface area contributed by atoms with Crippen LogP contribution in [-0.2, 0) is 17.8 Å². The molecule has 9 heteroatoms. The van der Waals surface area contributed by atoms with Gasteiger partial charge >= 0.3 is 0 Å². The summed E-state index contributed by atoms with van der Waals surface area (Å²) in [5.41, 5.74) is 3.36. The van der Waals surface area contributed by atoms with Crippen LogP contribution in [0.5, 0.6) is 11.5 Å². The molecule has 0 aliphatic rings. The van der Waals surface area contributed by atoms with Crippen molar-refractivity contribution in [1.82, 2.24) is 25.0 Å². The molecule has 2 heterocycles.